The molecule has 1 aliphatic carbocycles. The number of rotatable bonds is 2. The van der Waals surface area contributed by atoms with E-state index < -0.39 is 6.04 Å². The molecular weight excluding hydrogens is 302 g/mol. The summed E-state index contributed by atoms with van der Waals surface area (Å²) in [5, 5.41) is 6.29. The molecule has 1 fully saturated rings. The normalized spacial score (nSPS) is 21.8. The van der Waals surface area contributed by atoms with Gasteiger partial charge in [-0.1, -0.05) is 42.0 Å². The maximum absolute atomic E-state index is 12.6. The summed E-state index contributed by atoms with van der Waals surface area (Å²) < 4.78 is 0. The van der Waals surface area contributed by atoms with Crippen molar-refractivity contribution < 1.29 is 9.59 Å². The van der Waals surface area contributed by atoms with Crippen LogP contribution >= 0.6 is 11.6 Å². The molecule has 0 saturated carbocycles. The number of carbonyl (C=O) groups excluding carboxylic acids is 2. The van der Waals surface area contributed by atoms with Crippen molar-refractivity contribution in [3.8, 4) is 0 Å². The molecule has 1 aliphatic heterocycles. The predicted molar refractivity (Wildman–Crippen MR) is 84.6 cm³/mol. The second-order valence-electron chi connectivity index (χ2n) is 5.50. The minimum atomic E-state index is -0.684. The van der Waals surface area contributed by atoms with E-state index >= 15 is 0 Å². The minimum absolute atomic E-state index is 0.115. The quantitative estimate of drug-likeness (QED) is 0.821. The van der Waals surface area contributed by atoms with E-state index in [0.29, 0.717) is 23.7 Å². The second-order valence-corrected chi connectivity index (χ2v) is 5.90. The van der Waals surface area contributed by atoms with Gasteiger partial charge in [-0.25, -0.2) is 4.79 Å². The van der Waals surface area contributed by atoms with Crippen LogP contribution in [0.4, 0.5) is 4.79 Å². The Kier molecular flexibility index (Phi) is 4.34. The van der Waals surface area contributed by atoms with Crippen molar-refractivity contribution in [3.63, 3.8) is 0 Å². The van der Waals surface area contributed by atoms with Crippen molar-refractivity contribution in [1.29, 1.82) is 0 Å². The highest BCUT2D eigenvalue weighted by Gasteiger charge is 2.36. The average molecular weight is 320 g/mol. The summed E-state index contributed by atoms with van der Waals surface area (Å²) in [6.07, 6.45) is 5.78. The third-order valence-electron chi connectivity index (χ3n) is 4.01. The number of amides is 3. The zero-order valence-electron chi connectivity index (χ0n) is 12.1. The number of benzene rings is 1. The van der Waals surface area contributed by atoms with Gasteiger partial charge in [0.25, 0.3) is 0 Å². The van der Waals surface area contributed by atoms with Crippen LogP contribution in [0.25, 0.3) is 0 Å². The van der Waals surface area contributed by atoms with Crippen LogP contribution in [0.1, 0.15) is 24.4 Å². The number of carbonyl (C=O) groups is 2. The minimum Gasteiger partial charge on any atom is -0.352 e. The van der Waals surface area contributed by atoms with Crippen molar-refractivity contribution in [2.45, 2.75) is 24.9 Å². The van der Waals surface area contributed by atoms with E-state index in [2.05, 4.69) is 22.8 Å². The fourth-order valence-electron chi connectivity index (χ4n) is 2.88. The van der Waals surface area contributed by atoms with Crippen LogP contribution in [0.15, 0.2) is 36.4 Å². The zero-order valence-corrected chi connectivity index (χ0v) is 12.8. The molecule has 1 aromatic rings. The van der Waals surface area contributed by atoms with Gasteiger partial charge in [0.2, 0.25) is 5.91 Å². The molecule has 0 radical (unpaired) electrons. The average Bonchev–Trinajstić information content (AvgIpc) is 3.01. The van der Waals surface area contributed by atoms with E-state index in [9.17, 15) is 9.59 Å². The van der Waals surface area contributed by atoms with Crippen LogP contribution in [-0.4, -0.2) is 36.0 Å². The highest BCUT2D eigenvalue weighted by atomic mass is 35.5. The van der Waals surface area contributed by atoms with Crippen LogP contribution in [0, 0.1) is 0 Å². The Bertz CT molecular complexity index is 609. The molecule has 22 heavy (non-hydrogen) atoms. The fraction of sp³-hybridized carbons (Fsp3) is 0.375. The van der Waals surface area contributed by atoms with Crippen LogP contribution < -0.4 is 10.6 Å². The van der Waals surface area contributed by atoms with Crippen LogP contribution in [0.5, 0.6) is 0 Å². The lowest BCUT2D eigenvalue weighted by molar-refractivity contribution is -0.127. The molecule has 0 spiro atoms. The van der Waals surface area contributed by atoms with E-state index in [1.54, 1.807) is 23.1 Å². The fourth-order valence-corrected chi connectivity index (χ4v) is 3.12. The van der Waals surface area contributed by atoms with Crippen molar-refractivity contribution in [3.05, 3.63) is 47.0 Å². The molecule has 1 saturated heterocycles. The summed E-state index contributed by atoms with van der Waals surface area (Å²) in [5.74, 6) is -0.195. The van der Waals surface area contributed by atoms with Gasteiger partial charge in [0, 0.05) is 29.7 Å². The van der Waals surface area contributed by atoms with Gasteiger partial charge in [-0.3, -0.25) is 4.79 Å². The summed E-state index contributed by atoms with van der Waals surface area (Å²) in [6.45, 7) is 0.920. The molecule has 2 aliphatic rings. The number of hydrogen-bond acceptors (Lipinski definition) is 2. The Morgan fingerprint density at radius 1 is 1.27 bits per heavy atom. The molecule has 3 amide bonds. The SMILES string of the molecule is O=C1NCCN(C(=O)NC2CC=CC2)C1c1ccccc1Cl. The molecular formula is C16H18ClN3O2. The maximum Gasteiger partial charge on any atom is 0.318 e. The third-order valence-corrected chi connectivity index (χ3v) is 4.35. The molecule has 1 atom stereocenters. The predicted octanol–water partition coefficient (Wildman–Crippen LogP) is 2.24. The highest BCUT2D eigenvalue weighted by Crippen LogP contribution is 2.29. The summed E-state index contributed by atoms with van der Waals surface area (Å²) in [7, 11) is 0. The van der Waals surface area contributed by atoms with Gasteiger partial charge in [0.05, 0.1) is 0 Å². The summed E-state index contributed by atoms with van der Waals surface area (Å²) in [4.78, 5) is 26.4. The topological polar surface area (TPSA) is 61.4 Å². The van der Waals surface area contributed by atoms with Gasteiger partial charge < -0.3 is 15.5 Å². The van der Waals surface area contributed by atoms with E-state index in [0.717, 1.165) is 12.8 Å². The van der Waals surface area contributed by atoms with E-state index in [-0.39, 0.29) is 18.0 Å². The Labute approximate surface area is 134 Å². The first kappa shape index (κ1) is 14.9. The molecule has 1 heterocycles. The maximum atomic E-state index is 12.6. The van der Waals surface area contributed by atoms with Gasteiger partial charge in [-0.15, -0.1) is 0 Å². The van der Waals surface area contributed by atoms with Crippen LogP contribution in [0.3, 0.4) is 0 Å². The summed E-state index contributed by atoms with van der Waals surface area (Å²) >= 11 is 6.21. The van der Waals surface area contributed by atoms with Crippen molar-refractivity contribution >= 4 is 23.5 Å². The number of urea groups is 1. The van der Waals surface area contributed by atoms with Crippen LogP contribution in [0.2, 0.25) is 5.02 Å². The summed E-state index contributed by atoms with van der Waals surface area (Å²) in [5.41, 5.74) is 0.654. The first-order valence-corrected chi connectivity index (χ1v) is 7.79. The molecule has 5 nitrogen and oxygen atoms in total. The van der Waals surface area contributed by atoms with Gasteiger partial charge in [0.1, 0.15) is 6.04 Å². The number of nitrogens with one attached hydrogen (secondary N) is 2. The van der Waals surface area contributed by atoms with Gasteiger partial charge in [0.15, 0.2) is 0 Å². The van der Waals surface area contributed by atoms with Gasteiger partial charge >= 0.3 is 6.03 Å². The number of halogens is 1. The number of hydrogen-bond donors (Lipinski definition) is 2. The Hall–Kier alpha value is -2.01. The molecule has 6 heteroatoms. The lowest BCUT2D eigenvalue weighted by Crippen LogP contribution is -2.56. The first-order valence-electron chi connectivity index (χ1n) is 7.41. The smallest absolute Gasteiger partial charge is 0.318 e. The molecule has 1 unspecified atom stereocenters. The lowest BCUT2D eigenvalue weighted by atomic mass is 10.0. The van der Waals surface area contributed by atoms with E-state index in [1.807, 2.05) is 6.07 Å². The van der Waals surface area contributed by atoms with Crippen LogP contribution in [-0.2, 0) is 4.79 Å². The van der Waals surface area contributed by atoms with Gasteiger partial charge in [-0.05, 0) is 18.9 Å². The standard InChI is InChI=1S/C16H18ClN3O2/c17-13-8-4-3-7-12(13)14-15(21)18-9-10-20(14)16(22)19-11-5-1-2-6-11/h1-4,7-8,11,14H,5-6,9-10H2,(H,18,21)(H,19,22). The van der Waals surface area contributed by atoms with Crippen molar-refractivity contribution in [1.82, 2.24) is 15.5 Å². The van der Waals surface area contributed by atoms with E-state index in [4.69, 9.17) is 11.6 Å². The molecule has 1 aromatic carbocycles. The molecule has 116 valence electrons. The zero-order chi connectivity index (χ0) is 15.5. The lowest BCUT2D eigenvalue weighted by Gasteiger charge is -2.36. The number of piperazine rings is 1. The molecule has 2 N–H and O–H groups in total. The highest BCUT2D eigenvalue weighted by molar-refractivity contribution is 6.31. The largest absolute Gasteiger partial charge is 0.352 e. The molecule has 0 aromatic heterocycles. The first-order chi connectivity index (χ1) is 10.7. The Morgan fingerprint density at radius 3 is 2.73 bits per heavy atom. The number of nitrogens with zero attached hydrogens (tertiary/aromatic N) is 1. The molecule has 3 rings (SSSR count). The summed E-state index contributed by atoms with van der Waals surface area (Å²) in [6, 6.07) is 6.36. The third kappa shape index (κ3) is 2.95. The Morgan fingerprint density at radius 2 is 2.00 bits per heavy atom. The molecule has 0 bridgehead atoms. The van der Waals surface area contributed by atoms with Crippen molar-refractivity contribution in [2.75, 3.05) is 13.1 Å². The monoisotopic (exact) mass is 319 g/mol. The second kappa shape index (κ2) is 6.40. The van der Waals surface area contributed by atoms with E-state index in [1.165, 1.54) is 0 Å². The van der Waals surface area contributed by atoms with Gasteiger partial charge in [-0.2, -0.15) is 0 Å². The Balaban J connectivity index is 1.82. The van der Waals surface area contributed by atoms with Crippen molar-refractivity contribution in [2.24, 2.45) is 0 Å².